The van der Waals surface area contributed by atoms with Gasteiger partial charge in [-0.2, -0.15) is 0 Å². The second-order valence-electron chi connectivity index (χ2n) is 6.11. The van der Waals surface area contributed by atoms with Gasteiger partial charge in [-0.1, -0.05) is 44.3 Å². The summed E-state index contributed by atoms with van der Waals surface area (Å²) in [7, 11) is 0. The fourth-order valence-corrected chi connectivity index (χ4v) is 1.69. The summed E-state index contributed by atoms with van der Waals surface area (Å²) in [4.78, 5) is 11.5. The Bertz CT molecular complexity index is 277. The Morgan fingerprint density at radius 1 is 1.16 bits per heavy atom. The smallest absolute Gasteiger partial charge is 0.407 e. The van der Waals surface area contributed by atoms with Crippen LogP contribution in [-0.2, 0) is 4.74 Å². The van der Waals surface area contributed by atoms with Crippen molar-refractivity contribution in [2.45, 2.75) is 78.7 Å². The highest BCUT2D eigenvalue weighted by molar-refractivity contribution is 5.67. The summed E-state index contributed by atoms with van der Waals surface area (Å²) >= 11 is 0. The van der Waals surface area contributed by atoms with Crippen LogP contribution in [0.4, 0.5) is 4.79 Å². The second-order valence-corrected chi connectivity index (χ2v) is 6.11. The molecule has 0 aliphatic carbocycles. The van der Waals surface area contributed by atoms with Crippen molar-refractivity contribution in [1.82, 2.24) is 5.32 Å². The van der Waals surface area contributed by atoms with Crippen molar-refractivity contribution in [3.8, 4) is 0 Å². The minimum absolute atomic E-state index is 0.344. The standard InChI is InChI=1S/C16H31NO2/c1-6-7-8-9-10-11-12-14(2)13-17-15(18)19-16(3,4)5/h12H,6-11,13H2,1-5H3,(H,17,18)/b14-12+. The van der Waals surface area contributed by atoms with Crippen molar-refractivity contribution in [2.75, 3.05) is 6.54 Å². The topological polar surface area (TPSA) is 38.3 Å². The second kappa shape index (κ2) is 9.88. The number of hydrogen-bond acceptors (Lipinski definition) is 2. The van der Waals surface area contributed by atoms with Crippen LogP contribution in [0, 0.1) is 0 Å². The van der Waals surface area contributed by atoms with Crippen molar-refractivity contribution in [2.24, 2.45) is 0 Å². The predicted molar refractivity (Wildman–Crippen MR) is 81.4 cm³/mol. The summed E-state index contributed by atoms with van der Waals surface area (Å²) < 4.78 is 5.18. The summed E-state index contributed by atoms with van der Waals surface area (Å²) in [5, 5.41) is 2.77. The number of hydrogen-bond donors (Lipinski definition) is 1. The number of unbranched alkanes of at least 4 members (excludes halogenated alkanes) is 5. The first-order valence-electron chi connectivity index (χ1n) is 7.47. The molecule has 0 saturated heterocycles. The lowest BCUT2D eigenvalue weighted by Crippen LogP contribution is -2.33. The molecule has 0 aliphatic heterocycles. The van der Waals surface area contributed by atoms with E-state index in [0.717, 1.165) is 6.42 Å². The molecule has 0 radical (unpaired) electrons. The normalized spacial score (nSPS) is 12.4. The van der Waals surface area contributed by atoms with Crippen LogP contribution in [0.1, 0.15) is 73.1 Å². The molecule has 0 atom stereocenters. The average molecular weight is 269 g/mol. The molecule has 1 N–H and O–H groups in total. The maximum atomic E-state index is 11.5. The Morgan fingerprint density at radius 2 is 1.79 bits per heavy atom. The number of nitrogens with one attached hydrogen (secondary N) is 1. The molecule has 0 aromatic rings. The van der Waals surface area contributed by atoms with Gasteiger partial charge >= 0.3 is 6.09 Å². The van der Waals surface area contributed by atoms with Crippen LogP contribution in [0.25, 0.3) is 0 Å². The van der Waals surface area contributed by atoms with Crippen molar-refractivity contribution >= 4 is 6.09 Å². The Morgan fingerprint density at radius 3 is 2.37 bits per heavy atom. The van der Waals surface area contributed by atoms with E-state index < -0.39 is 5.60 Å². The molecule has 3 heteroatoms. The van der Waals surface area contributed by atoms with E-state index in [0.29, 0.717) is 6.54 Å². The highest BCUT2D eigenvalue weighted by Gasteiger charge is 2.15. The van der Waals surface area contributed by atoms with Crippen molar-refractivity contribution in [3.05, 3.63) is 11.6 Å². The highest BCUT2D eigenvalue weighted by atomic mass is 16.6. The van der Waals surface area contributed by atoms with Gasteiger partial charge in [0.05, 0.1) is 0 Å². The van der Waals surface area contributed by atoms with Crippen LogP contribution in [0.2, 0.25) is 0 Å². The summed E-state index contributed by atoms with van der Waals surface area (Å²) in [6, 6.07) is 0. The summed E-state index contributed by atoms with van der Waals surface area (Å²) in [5.41, 5.74) is 0.766. The van der Waals surface area contributed by atoms with Crippen LogP contribution < -0.4 is 5.32 Å². The zero-order valence-corrected chi connectivity index (χ0v) is 13.3. The predicted octanol–water partition coefficient (Wildman–Crippen LogP) is 4.82. The van der Waals surface area contributed by atoms with E-state index in [4.69, 9.17) is 4.74 Å². The first-order valence-corrected chi connectivity index (χ1v) is 7.47. The summed E-state index contributed by atoms with van der Waals surface area (Å²) in [5.74, 6) is 0. The molecule has 3 nitrogen and oxygen atoms in total. The van der Waals surface area contributed by atoms with E-state index in [1.807, 2.05) is 27.7 Å². The van der Waals surface area contributed by atoms with Gasteiger partial charge in [0, 0.05) is 6.54 Å². The monoisotopic (exact) mass is 269 g/mol. The number of allylic oxidation sites excluding steroid dienone is 1. The number of carbonyl (C=O) groups is 1. The lowest BCUT2D eigenvalue weighted by Gasteiger charge is -2.19. The van der Waals surface area contributed by atoms with E-state index in [1.165, 1.54) is 37.7 Å². The van der Waals surface area contributed by atoms with Gasteiger partial charge in [-0.05, 0) is 40.5 Å². The number of alkyl carbamates (subject to hydrolysis) is 1. The van der Waals surface area contributed by atoms with Crippen molar-refractivity contribution in [1.29, 1.82) is 0 Å². The van der Waals surface area contributed by atoms with Crippen molar-refractivity contribution < 1.29 is 9.53 Å². The zero-order chi connectivity index (χ0) is 14.7. The third-order valence-corrected chi connectivity index (χ3v) is 2.71. The lowest BCUT2D eigenvalue weighted by atomic mass is 10.1. The first-order chi connectivity index (χ1) is 8.85. The molecular formula is C16H31NO2. The van der Waals surface area contributed by atoms with Crippen LogP contribution in [-0.4, -0.2) is 18.2 Å². The molecule has 0 rings (SSSR count). The van der Waals surface area contributed by atoms with E-state index >= 15 is 0 Å². The molecule has 0 fully saturated rings. The minimum Gasteiger partial charge on any atom is -0.444 e. The third kappa shape index (κ3) is 13.2. The van der Waals surface area contributed by atoms with E-state index in [9.17, 15) is 4.79 Å². The van der Waals surface area contributed by atoms with Crippen LogP contribution in [0.15, 0.2) is 11.6 Å². The molecule has 0 bridgehead atoms. The van der Waals surface area contributed by atoms with E-state index in [-0.39, 0.29) is 6.09 Å². The minimum atomic E-state index is -0.430. The zero-order valence-electron chi connectivity index (χ0n) is 13.3. The number of amides is 1. The quantitative estimate of drug-likeness (QED) is 0.507. The van der Waals surface area contributed by atoms with Crippen LogP contribution in [0.3, 0.4) is 0 Å². The molecule has 0 unspecified atom stereocenters. The van der Waals surface area contributed by atoms with E-state index in [1.54, 1.807) is 0 Å². The van der Waals surface area contributed by atoms with Crippen molar-refractivity contribution in [3.63, 3.8) is 0 Å². The Labute approximate surface area is 118 Å². The SMILES string of the molecule is CCCCCCC/C=C(\C)CNC(=O)OC(C)(C)C. The molecule has 0 aromatic heterocycles. The van der Waals surface area contributed by atoms with Crippen LogP contribution in [0.5, 0.6) is 0 Å². The Balaban J connectivity index is 3.67. The molecule has 1 amide bonds. The number of carbonyl (C=O) groups excluding carboxylic acids is 1. The van der Waals surface area contributed by atoms with Crippen LogP contribution >= 0.6 is 0 Å². The van der Waals surface area contributed by atoms with Gasteiger partial charge in [0.25, 0.3) is 0 Å². The largest absolute Gasteiger partial charge is 0.444 e. The van der Waals surface area contributed by atoms with Gasteiger partial charge < -0.3 is 10.1 Å². The third-order valence-electron chi connectivity index (χ3n) is 2.71. The number of ether oxygens (including phenoxy) is 1. The van der Waals surface area contributed by atoms with E-state index in [2.05, 4.69) is 18.3 Å². The molecule has 0 saturated carbocycles. The summed E-state index contributed by atoms with van der Waals surface area (Å²) in [6.45, 7) is 10.4. The molecule has 19 heavy (non-hydrogen) atoms. The molecule has 112 valence electrons. The molecular weight excluding hydrogens is 238 g/mol. The molecule has 0 aliphatic rings. The van der Waals surface area contributed by atoms with Gasteiger partial charge in [0.1, 0.15) is 5.60 Å². The maximum absolute atomic E-state index is 11.5. The van der Waals surface area contributed by atoms with Gasteiger partial charge in [-0.25, -0.2) is 4.79 Å². The lowest BCUT2D eigenvalue weighted by molar-refractivity contribution is 0.0532. The van der Waals surface area contributed by atoms with Gasteiger partial charge in [0.2, 0.25) is 0 Å². The fourth-order valence-electron chi connectivity index (χ4n) is 1.69. The maximum Gasteiger partial charge on any atom is 0.407 e. The van der Waals surface area contributed by atoms with Gasteiger partial charge in [-0.3, -0.25) is 0 Å². The first kappa shape index (κ1) is 18.0. The van der Waals surface area contributed by atoms with Gasteiger partial charge in [0.15, 0.2) is 0 Å². The molecule has 0 aromatic carbocycles. The average Bonchev–Trinajstić information content (AvgIpc) is 2.29. The number of rotatable bonds is 8. The molecule has 0 spiro atoms. The fraction of sp³-hybridized carbons (Fsp3) is 0.812. The Kier molecular flexibility index (Phi) is 9.36. The molecule has 0 heterocycles. The highest BCUT2D eigenvalue weighted by Crippen LogP contribution is 2.08. The van der Waals surface area contributed by atoms with Gasteiger partial charge in [-0.15, -0.1) is 0 Å². The Hall–Kier alpha value is -0.990. The summed E-state index contributed by atoms with van der Waals surface area (Å²) in [6.07, 6.45) is 9.47.